The lowest BCUT2D eigenvalue weighted by Gasteiger charge is -2.12. The number of anilines is 1. The van der Waals surface area contributed by atoms with E-state index in [1.807, 2.05) is 6.07 Å². The van der Waals surface area contributed by atoms with E-state index in [1.54, 1.807) is 42.5 Å². The second-order valence-corrected chi connectivity index (χ2v) is 7.24. The fraction of sp³-hybridized carbons (Fsp3) is 0.348. The molecule has 0 saturated heterocycles. The average molecular weight is 428 g/mol. The Kier molecular flexibility index (Phi) is 9.80. The molecule has 6 nitrogen and oxygen atoms in total. The van der Waals surface area contributed by atoms with Gasteiger partial charge in [0.05, 0.1) is 6.61 Å². The van der Waals surface area contributed by atoms with Gasteiger partial charge in [-0.15, -0.1) is 0 Å². The predicted molar refractivity (Wildman–Crippen MR) is 124 cm³/mol. The fourth-order valence-corrected chi connectivity index (χ4v) is 2.83. The minimum Gasteiger partial charge on any atom is -0.494 e. The Morgan fingerprint density at radius 1 is 0.933 bits per heavy atom. The monoisotopic (exact) mass is 427 g/mol. The zero-order valence-electron chi connectivity index (χ0n) is 17.5. The third-order valence-electron chi connectivity index (χ3n) is 4.29. The van der Waals surface area contributed by atoms with Crippen molar-refractivity contribution in [2.24, 2.45) is 0 Å². The zero-order chi connectivity index (χ0) is 21.8. The SMILES string of the molecule is CCCCNC(=O)c1cccc(NC(=S)NC(=O)c2cccc(OCCCC)c2)c1. The number of amides is 2. The van der Waals surface area contributed by atoms with Crippen LogP contribution >= 0.6 is 12.2 Å². The molecule has 0 aliphatic heterocycles. The van der Waals surface area contributed by atoms with Gasteiger partial charge < -0.3 is 15.4 Å². The van der Waals surface area contributed by atoms with Gasteiger partial charge in [0.15, 0.2) is 5.11 Å². The second kappa shape index (κ2) is 12.6. The van der Waals surface area contributed by atoms with E-state index in [0.717, 1.165) is 25.7 Å². The standard InChI is InChI=1S/C23H29N3O3S/c1-3-5-13-24-21(27)17-9-7-11-19(15-17)25-23(30)26-22(28)18-10-8-12-20(16-18)29-14-6-4-2/h7-12,15-16H,3-6,13-14H2,1-2H3,(H,24,27)(H2,25,26,28,30). The average Bonchev–Trinajstić information content (AvgIpc) is 2.74. The number of unbranched alkanes of at least 4 members (excludes halogenated alkanes) is 2. The summed E-state index contributed by atoms with van der Waals surface area (Å²) >= 11 is 5.25. The van der Waals surface area contributed by atoms with E-state index in [-0.39, 0.29) is 16.9 Å². The summed E-state index contributed by atoms with van der Waals surface area (Å²) in [7, 11) is 0. The van der Waals surface area contributed by atoms with Crippen LogP contribution < -0.4 is 20.7 Å². The zero-order valence-corrected chi connectivity index (χ0v) is 18.3. The minimum absolute atomic E-state index is 0.137. The highest BCUT2D eigenvalue weighted by atomic mass is 32.1. The van der Waals surface area contributed by atoms with Gasteiger partial charge >= 0.3 is 0 Å². The van der Waals surface area contributed by atoms with Crippen molar-refractivity contribution < 1.29 is 14.3 Å². The summed E-state index contributed by atoms with van der Waals surface area (Å²) in [6.45, 7) is 5.42. The summed E-state index contributed by atoms with van der Waals surface area (Å²) in [5.41, 5.74) is 1.61. The topological polar surface area (TPSA) is 79.5 Å². The van der Waals surface area contributed by atoms with Crippen LogP contribution in [0.1, 0.15) is 60.2 Å². The molecule has 3 N–H and O–H groups in total. The van der Waals surface area contributed by atoms with E-state index >= 15 is 0 Å². The summed E-state index contributed by atoms with van der Waals surface area (Å²) in [5.74, 6) is 0.181. The van der Waals surface area contributed by atoms with E-state index < -0.39 is 0 Å². The van der Waals surface area contributed by atoms with Gasteiger partial charge in [-0.3, -0.25) is 14.9 Å². The largest absolute Gasteiger partial charge is 0.494 e. The van der Waals surface area contributed by atoms with Crippen LogP contribution in [0, 0.1) is 0 Å². The van der Waals surface area contributed by atoms with Crippen molar-refractivity contribution in [3.8, 4) is 5.75 Å². The highest BCUT2D eigenvalue weighted by molar-refractivity contribution is 7.80. The summed E-state index contributed by atoms with van der Waals surface area (Å²) in [4.78, 5) is 24.7. The van der Waals surface area contributed by atoms with Crippen LogP contribution in [0.3, 0.4) is 0 Å². The van der Waals surface area contributed by atoms with Gasteiger partial charge in [-0.1, -0.05) is 38.8 Å². The third kappa shape index (κ3) is 7.83. The lowest BCUT2D eigenvalue weighted by molar-refractivity contribution is 0.0950. The molecule has 7 heteroatoms. The molecular formula is C23H29N3O3S. The van der Waals surface area contributed by atoms with Gasteiger partial charge in [0.25, 0.3) is 11.8 Å². The molecule has 0 aromatic heterocycles. The Bertz CT molecular complexity index is 870. The first-order chi connectivity index (χ1) is 14.5. The molecule has 0 saturated carbocycles. The number of ether oxygens (including phenoxy) is 1. The van der Waals surface area contributed by atoms with Crippen molar-refractivity contribution in [2.45, 2.75) is 39.5 Å². The van der Waals surface area contributed by atoms with Gasteiger partial charge in [-0.2, -0.15) is 0 Å². The van der Waals surface area contributed by atoms with Crippen molar-refractivity contribution in [1.29, 1.82) is 0 Å². The first kappa shape index (κ1) is 23.3. The van der Waals surface area contributed by atoms with Gasteiger partial charge in [-0.25, -0.2) is 0 Å². The Morgan fingerprint density at radius 2 is 1.63 bits per heavy atom. The number of hydrogen-bond acceptors (Lipinski definition) is 4. The smallest absolute Gasteiger partial charge is 0.257 e. The van der Waals surface area contributed by atoms with Crippen LogP contribution in [-0.4, -0.2) is 30.1 Å². The van der Waals surface area contributed by atoms with Gasteiger partial charge in [0, 0.05) is 23.4 Å². The van der Waals surface area contributed by atoms with Crippen LogP contribution in [0.5, 0.6) is 5.75 Å². The molecule has 2 aromatic rings. The molecule has 30 heavy (non-hydrogen) atoms. The number of rotatable bonds is 10. The van der Waals surface area contributed by atoms with E-state index in [0.29, 0.717) is 35.7 Å². The lowest BCUT2D eigenvalue weighted by Crippen LogP contribution is -2.34. The fourth-order valence-electron chi connectivity index (χ4n) is 2.62. The molecule has 0 aliphatic carbocycles. The van der Waals surface area contributed by atoms with Crippen LogP contribution in [0.15, 0.2) is 48.5 Å². The van der Waals surface area contributed by atoms with Crippen molar-refractivity contribution in [2.75, 3.05) is 18.5 Å². The lowest BCUT2D eigenvalue weighted by atomic mass is 10.2. The molecule has 2 rings (SSSR count). The summed E-state index contributed by atoms with van der Waals surface area (Å²) < 4.78 is 5.64. The first-order valence-electron chi connectivity index (χ1n) is 10.3. The molecule has 0 radical (unpaired) electrons. The molecule has 160 valence electrons. The number of thiocarbonyl (C=S) groups is 1. The van der Waals surface area contributed by atoms with Crippen LogP contribution in [0.4, 0.5) is 5.69 Å². The molecule has 0 spiro atoms. The number of nitrogens with one attached hydrogen (secondary N) is 3. The molecule has 2 aromatic carbocycles. The van der Waals surface area contributed by atoms with Gasteiger partial charge in [-0.05, 0) is 61.5 Å². The van der Waals surface area contributed by atoms with Crippen LogP contribution in [0.25, 0.3) is 0 Å². The molecule has 0 heterocycles. The number of benzene rings is 2. The Morgan fingerprint density at radius 3 is 2.37 bits per heavy atom. The van der Waals surface area contributed by atoms with E-state index in [2.05, 4.69) is 29.8 Å². The van der Waals surface area contributed by atoms with Crippen molar-refractivity contribution in [1.82, 2.24) is 10.6 Å². The highest BCUT2D eigenvalue weighted by Crippen LogP contribution is 2.14. The highest BCUT2D eigenvalue weighted by Gasteiger charge is 2.10. The van der Waals surface area contributed by atoms with Crippen molar-refractivity contribution in [3.05, 3.63) is 59.7 Å². The molecular weight excluding hydrogens is 398 g/mol. The first-order valence-corrected chi connectivity index (χ1v) is 10.7. The third-order valence-corrected chi connectivity index (χ3v) is 4.49. The van der Waals surface area contributed by atoms with Gasteiger partial charge in [0.2, 0.25) is 0 Å². The summed E-state index contributed by atoms with van der Waals surface area (Å²) in [5, 5.41) is 8.63. The molecule has 0 aliphatic rings. The normalized spacial score (nSPS) is 10.2. The summed E-state index contributed by atoms with van der Waals surface area (Å²) in [6, 6.07) is 14.0. The molecule has 0 bridgehead atoms. The van der Waals surface area contributed by atoms with Crippen molar-refractivity contribution >= 4 is 34.8 Å². The quantitative estimate of drug-likeness (QED) is 0.384. The maximum atomic E-state index is 12.5. The number of carbonyl (C=O) groups excluding carboxylic acids is 2. The maximum absolute atomic E-state index is 12.5. The Labute approximate surface area is 183 Å². The maximum Gasteiger partial charge on any atom is 0.257 e. The number of hydrogen-bond donors (Lipinski definition) is 3. The van der Waals surface area contributed by atoms with E-state index in [9.17, 15) is 9.59 Å². The molecule has 0 unspecified atom stereocenters. The minimum atomic E-state index is -0.332. The second-order valence-electron chi connectivity index (χ2n) is 6.83. The van der Waals surface area contributed by atoms with E-state index in [1.165, 1.54) is 0 Å². The molecule has 2 amide bonds. The van der Waals surface area contributed by atoms with E-state index in [4.69, 9.17) is 17.0 Å². The summed E-state index contributed by atoms with van der Waals surface area (Å²) in [6.07, 6.45) is 3.95. The number of carbonyl (C=O) groups is 2. The Hall–Kier alpha value is -2.93. The molecule has 0 atom stereocenters. The van der Waals surface area contributed by atoms with Gasteiger partial charge in [0.1, 0.15) is 5.75 Å². The van der Waals surface area contributed by atoms with Crippen LogP contribution in [0.2, 0.25) is 0 Å². The Balaban J connectivity index is 1.92. The van der Waals surface area contributed by atoms with Crippen LogP contribution in [-0.2, 0) is 0 Å². The molecule has 0 fully saturated rings. The van der Waals surface area contributed by atoms with Crippen molar-refractivity contribution in [3.63, 3.8) is 0 Å². The predicted octanol–water partition coefficient (Wildman–Crippen LogP) is 4.52.